The summed E-state index contributed by atoms with van der Waals surface area (Å²) in [6.45, 7) is 0. The Morgan fingerprint density at radius 2 is 2.14 bits per heavy atom. The molecule has 0 bridgehead atoms. The summed E-state index contributed by atoms with van der Waals surface area (Å²) in [5.41, 5.74) is 5.45. The first-order chi connectivity index (χ1) is 9.71. The summed E-state index contributed by atoms with van der Waals surface area (Å²) < 4.78 is 19.4. The van der Waals surface area contributed by atoms with Gasteiger partial charge < -0.3 is 5.73 Å². The number of nitrogens with one attached hydrogen (secondary N) is 1. The molecule has 1 unspecified atom stereocenters. The Balaban J connectivity index is 2.75. The molecule has 2 rings (SSSR count). The monoisotopic (exact) mass is 325 g/mol. The van der Waals surface area contributed by atoms with E-state index in [9.17, 15) is 19.1 Å². The molecule has 0 aliphatic carbocycles. The fraction of sp³-hybridized carbons (Fsp3) is 0.0833. The summed E-state index contributed by atoms with van der Waals surface area (Å²) in [5.74, 6) is -0.767. The van der Waals surface area contributed by atoms with Crippen LogP contribution >= 0.6 is 11.3 Å². The molecular formula is C12H11N3O4S2. The third-order valence-electron chi connectivity index (χ3n) is 2.76. The number of carbonyl (C=O) groups is 1. The lowest BCUT2D eigenvalue weighted by Crippen LogP contribution is -2.10. The first kappa shape index (κ1) is 15.1. The van der Waals surface area contributed by atoms with Crippen molar-refractivity contribution in [2.75, 3.05) is 6.26 Å². The molecule has 1 atom stereocenters. The van der Waals surface area contributed by atoms with Gasteiger partial charge in [0.25, 0.3) is 11.6 Å². The van der Waals surface area contributed by atoms with Gasteiger partial charge in [-0.05, 0) is 17.7 Å². The topological polar surface area (TPSA) is 127 Å². The Morgan fingerprint density at radius 1 is 1.48 bits per heavy atom. The van der Waals surface area contributed by atoms with Crippen LogP contribution in [0.5, 0.6) is 0 Å². The summed E-state index contributed by atoms with van der Waals surface area (Å²) in [5, 5.41) is 12.3. The normalized spacial score (nSPS) is 13.6. The van der Waals surface area contributed by atoms with Crippen molar-refractivity contribution in [2.24, 2.45) is 5.73 Å². The standard InChI is InChI=1S/C12H11N3O4S2/c1-21(14,19)8-4-2-3-7(5-8)10-9(15(17)18)6-20-11(10)12(13)16/h2-6,14H,1H3,(H2,13,16). The molecule has 0 saturated heterocycles. The van der Waals surface area contributed by atoms with Crippen LogP contribution in [0.25, 0.3) is 11.1 Å². The number of hydrogen-bond acceptors (Lipinski definition) is 6. The first-order valence-electron chi connectivity index (χ1n) is 5.61. The molecular weight excluding hydrogens is 314 g/mol. The lowest BCUT2D eigenvalue weighted by molar-refractivity contribution is -0.383. The van der Waals surface area contributed by atoms with Crippen molar-refractivity contribution < 1.29 is 13.9 Å². The van der Waals surface area contributed by atoms with Gasteiger partial charge in [0.05, 0.1) is 25.6 Å². The van der Waals surface area contributed by atoms with E-state index in [1.54, 1.807) is 6.07 Å². The van der Waals surface area contributed by atoms with Gasteiger partial charge in [0.2, 0.25) is 0 Å². The van der Waals surface area contributed by atoms with E-state index in [-0.39, 0.29) is 21.0 Å². The number of nitrogens with two attached hydrogens (primary N) is 1. The Bertz CT molecular complexity index is 808. The number of nitrogens with zero attached hydrogens (tertiary/aromatic N) is 1. The molecule has 3 N–H and O–H groups in total. The third-order valence-corrected chi connectivity index (χ3v) is 4.90. The maximum absolute atomic E-state index is 11.8. The predicted molar refractivity (Wildman–Crippen MR) is 80.0 cm³/mol. The fourth-order valence-corrected chi connectivity index (χ4v) is 3.42. The minimum atomic E-state index is -2.97. The Labute approximate surface area is 124 Å². The molecule has 0 aliphatic heterocycles. The van der Waals surface area contributed by atoms with Crippen molar-refractivity contribution in [3.05, 3.63) is 44.6 Å². The summed E-state index contributed by atoms with van der Waals surface area (Å²) in [7, 11) is -2.97. The summed E-state index contributed by atoms with van der Waals surface area (Å²) in [6.07, 6.45) is 1.25. The zero-order chi connectivity index (χ0) is 15.8. The Kier molecular flexibility index (Phi) is 3.79. The van der Waals surface area contributed by atoms with E-state index in [0.717, 1.165) is 11.3 Å². The maximum Gasteiger partial charge on any atom is 0.288 e. The highest BCUT2D eigenvalue weighted by molar-refractivity contribution is 7.91. The second-order valence-electron chi connectivity index (χ2n) is 4.32. The number of thiophene rings is 1. The van der Waals surface area contributed by atoms with Crippen LogP contribution < -0.4 is 5.73 Å². The van der Waals surface area contributed by atoms with Crippen LogP contribution in [0.4, 0.5) is 5.69 Å². The number of amides is 1. The number of rotatable bonds is 4. The van der Waals surface area contributed by atoms with E-state index in [1.807, 2.05) is 0 Å². The van der Waals surface area contributed by atoms with E-state index in [2.05, 4.69) is 0 Å². The van der Waals surface area contributed by atoms with Crippen LogP contribution in [0.1, 0.15) is 9.67 Å². The molecule has 1 aromatic carbocycles. The van der Waals surface area contributed by atoms with Crippen LogP contribution in [0.2, 0.25) is 0 Å². The largest absolute Gasteiger partial charge is 0.365 e. The van der Waals surface area contributed by atoms with Gasteiger partial charge in [0, 0.05) is 11.2 Å². The van der Waals surface area contributed by atoms with Gasteiger partial charge >= 0.3 is 0 Å². The highest BCUT2D eigenvalue weighted by Gasteiger charge is 2.25. The van der Waals surface area contributed by atoms with Crippen molar-refractivity contribution >= 4 is 32.7 Å². The minimum absolute atomic E-state index is 0.0615. The van der Waals surface area contributed by atoms with Crippen LogP contribution in [0.15, 0.2) is 34.5 Å². The molecule has 0 fully saturated rings. The van der Waals surface area contributed by atoms with E-state index in [1.165, 1.54) is 29.8 Å². The van der Waals surface area contributed by atoms with Gasteiger partial charge in [0.1, 0.15) is 4.88 Å². The highest BCUT2D eigenvalue weighted by Crippen LogP contribution is 2.38. The van der Waals surface area contributed by atoms with Crippen molar-refractivity contribution in [1.82, 2.24) is 0 Å². The van der Waals surface area contributed by atoms with Gasteiger partial charge in [-0.1, -0.05) is 12.1 Å². The molecule has 0 radical (unpaired) electrons. The quantitative estimate of drug-likeness (QED) is 0.661. The number of hydrogen-bond donors (Lipinski definition) is 2. The van der Waals surface area contributed by atoms with Crippen molar-refractivity contribution in [1.29, 1.82) is 4.78 Å². The minimum Gasteiger partial charge on any atom is -0.365 e. The number of benzene rings is 1. The molecule has 0 saturated carbocycles. The molecule has 9 heteroatoms. The maximum atomic E-state index is 11.8. The lowest BCUT2D eigenvalue weighted by Gasteiger charge is -2.05. The van der Waals surface area contributed by atoms with Gasteiger partial charge in [-0.3, -0.25) is 14.9 Å². The molecule has 110 valence electrons. The third kappa shape index (κ3) is 2.93. The van der Waals surface area contributed by atoms with Gasteiger partial charge in [0.15, 0.2) is 0 Å². The van der Waals surface area contributed by atoms with Crippen LogP contribution in [-0.2, 0) is 9.73 Å². The summed E-state index contributed by atoms with van der Waals surface area (Å²) in [6, 6.07) is 6.00. The van der Waals surface area contributed by atoms with Crippen molar-refractivity contribution in [3.8, 4) is 11.1 Å². The Hall–Kier alpha value is -2.26. The lowest BCUT2D eigenvalue weighted by atomic mass is 10.1. The van der Waals surface area contributed by atoms with Crippen molar-refractivity contribution in [2.45, 2.75) is 4.90 Å². The fourth-order valence-electron chi connectivity index (χ4n) is 1.84. The number of primary amides is 1. The predicted octanol–water partition coefficient (Wildman–Crippen LogP) is 2.46. The highest BCUT2D eigenvalue weighted by atomic mass is 32.2. The van der Waals surface area contributed by atoms with Gasteiger partial charge in [-0.15, -0.1) is 11.3 Å². The van der Waals surface area contributed by atoms with E-state index >= 15 is 0 Å². The van der Waals surface area contributed by atoms with Gasteiger partial charge in [-0.25, -0.2) is 8.99 Å². The average molecular weight is 325 g/mol. The molecule has 7 nitrogen and oxygen atoms in total. The SMILES string of the molecule is CS(=N)(=O)c1cccc(-c2c([N+](=O)[O-])csc2C(N)=O)c1. The average Bonchev–Trinajstić information content (AvgIpc) is 2.82. The second-order valence-corrected chi connectivity index (χ2v) is 7.36. The molecule has 1 amide bonds. The molecule has 0 spiro atoms. The van der Waals surface area contributed by atoms with Crippen LogP contribution in [-0.4, -0.2) is 21.3 Å². The van der Waals surface area contributed by atoms with Crippen LogP contribution in [0, 0.1) is 14.9 Å². The zero-order valence-electron chi connectivity index (χ0n) is 10.9. The number of nitro groups is 1. The molecule has 1 heterocycles. The number of carbonyl (C=O) groups excluding carboxylic acids is 1. The molecule has 21 heavy (non-hydrogen) atoms. The van der Waals surface area contributed by atoms with Gasteiger partial charge in [-0.2, -0.15) is 0 Å². The first-order valence-corrected chi connectivity index (χ1v) is 8.46. The second kappa shape index (κ2) is 5.26. The van der Waals surface area contributed by atoms with E-state index in [0.29, 0.717) is 5.56 Å². The molecule has 2 aromatic rings. The summed E-state index contributed by atoms with van der Waals surface area (Å²) >= 11 is 0.886. The molecule has 1 aromatic heterocycles. The van der Waals surface area contributed by atoms with Crippen LogP contribution in [0.3, 0.4) is 0 Å². The van der Waals surface area contributed by atoms with E-state index < -0.39 is 20.6 Å². The molecule has 0 aliphatic rings. The van der Waals surface area contributed by atoms with Crippen molar-refractivity contribution in [3.63, 3.8) is 0 Å². The smallest absolute Gasteiger partial charge is 0.288 e. The Morgan fingerprint density at radius 3 is 2.67 bits per heavy atom. The van der Waals surface area contributed by atoms with E-state index in [4.69, 9.17) is 10.5 Å². The zero-order valence-corrected chi connectivity index (χ0v) is 12.5. The summed E-state index contributed by atoms with van der Waals surface area (Å²) in [4.78, 5) is 22.2.